The first-order valence-corrected chi connectivity index (χ1v) is 4.20. The van der Waals surface area contributed by atoms with Crippen LogP contribution in [0, 0.1) is 0 Å². The van der Waals surface area contributed by atoms with Crippen LogP contribution >= 0.6 is 0 Å². The summed E-state index contributed by atoms with van der Waals surface area (Å²) in [5.41, 5.74) is 1.50. The van der Waals surface area contributed by atoms with Crippen molar-refractivity contribution in [2.45, 2.75) is 13.0 Å². The van der Waals surface area contributed by atoms with Crippen LogP contribution in [-0.4, -0.2) is 17.2 Å². The monoisotopic (exact) mass is 177 g/mol. The predicted molar refractivity (Wildman–Crippen MR) is 49.3 cm³/mol. The molecule has 0 saturated heterocycles. The average Bonchev–Trinajstić information content (AvgIpc) is 2.60. The van der Waals surface area contributed by atoms with Gasteiger partial charge in [0.25, 0.3) is 5.71 Å². The summed E-state index contributed by atoms with van der Waals surface area (Å²) in [6, 6.07) is 4.03. The molecule has 4 nitrogen and oxygen atoms in total. The van der Waals surface area contributed by atoms with Crippen molar-refractivity contribution in [1.29, 1.82) is 0 Å². The highest BCUT2D eigenvalue weighted by Crippen LogP contribution is 2.20. The molecule has 68 valence electrons. The van der Waals surface area contributed by atoms with Crippen molar-refractivity contribution in [2.75, 3.05) is 7.05 Å². The van der Waals surface area contributed by atoms with Crippen LogP contribution in [0.25, 0.3) is 11.1 Å². The normalized spacial score (nSPS) is 13.4. The Labute approximate surface area is 75.9 Å². The van der Waals surface area contributed by atoms with Gasteiger partial charge in [0.2, 0.25) is 0 Å². The molecule has 0 fully saturated rings. The maximum absolute atomic E-state index is 5.07. The highest BCUT2D eigenvalue weighted by Gasteiger charge is 2.12. The third-order valence-corrected chi connectivity index (χ3v) is 2.12. The number of hydrogen-bond donors (Lipinski definition) is 1. The van der Waals surface area contributed by atoms with Crippen LogP contribution in [0.15, 0.2) is 22.9 Å². The van der Waals surface area contributed by atoms with Crippen molar-refractivity contribution < 1.29 is 4.52 Å². The van der Waals surface area contributed by atoms with Gasteiger partial charge in [-0.3, -0.25) is 0 Å². The van der Waals surface area contributed by atoms with E-state index in [1.54, 1.807) is 6.20 Å². The van der Waals surface area contributed by atoms with E-state index in [-0.39, 0.29) is 6.04 Å². The fourth-order valence-electron chi connectivity index (χ4n) is 1.25. The van der Waals surface area contributed by atoms with Crippen LogP contribution in [0.1, 0.15) is 18.7 Å². The van der Waals surface area contributed by atoms with Gasteiger partial charge in [-0.15, -0.1) is 0 Å². The van der Waals surface area contributed by atoms with E-state index in [2.05, 4.69) is 15.5 Å². The summed E-state index contributed by atoms with van der Waals surface area (Å²) < 4.78 is 5.07. The Balaban J connectivity index is 2.57. The van der Waals surface area contributed by atoms with Gasteiger partial charge >= 0.3 is 0 Å². The molecule has 1 atom stereocenters. The molecule has 2 heterocycles. The standard InChI is InChI=1S/C9H11N3O/c1-6(10-2)8-7-4-3-5-11-9(7)13-12-8/h3-6,10H,1-2H3. The summed E-state index contributed by atoms with van der Waals surface area (Å²) in [6.45, 7) is 2.03. The molecule has 0 radical (unpaired) electrons. The minimum Gasteiger partial charge on any atom is -0.335 e. The van der Waals surface area contributed by atoms with Crippen molar-refractivity contribution in [3.8, 4) is 0 Å². The first-order valence-electron chi connectivity index (χ1n) is 4.20. The topological polar surface area (TPSA) is 51.0 Å². The molecule has 0 aliphatic carbocycles. The fourth-order valence-corrected chi connectivity index (χ4v) is 1.25. The van der Waals surface area contributed by atoms with Crippen LogP contribution in [0.3, 0.4) is 0 Å². The lowest BCUT2D eigenvalue weighted by atomic mass is 10.2. The Morgan fingerprint density at radius 2 is 2.38 bits per heavy atom. The maximum Gasteiger partial charge on any atom is 0.257 e. The number of pyridine rings is 1. The lowest BCUT2D eigenvalue weighted by molar-refractivity contribution is 0.427. The molecule has 0 spiro atoms. The zero-order valence-electron chi connectivity index (χ0n) is 7.61. The van der Waals surface area contributed by atoms with E-state index in [1.807, 2.05) is 26.1 Å². The molecule has 13 heavy (non-hydrogen) atoms. The SMILES string of the molecule is CNC(C)c1noc2ncccc12. The average molecular weight is 177 g/mol. The van der Waals surface area contributed by atoms with Crippen molar-refractivity contribution >= 4 is 11.1 Å². The van der Waals surface area contributed by atoms with E-state index in [0.717, 1.165) is 11.1 Å². The number of rotatable bonds is 2. The second-order valence-corrected chi connectivity index (χ2v) is 2.93. The first kappa shape index (κ1) is 8.19. The zero-order valence-corrected chi connectivity index (χ0v) is 7.61. The molecule has 2 aromatic rings. The summed E-state index contributed by atoms with van der Waals surface area (Å²) in [7, 11) is 1.89. The molecular weight excluding hydrogens is 166 g/mol. The second-order valence-electron chi connectivity index (χ2n) is 2.93. The summed E-state index contributed by atoms with van der Waals surface area (Å²) in [5.74, 6) is 0. The molecule has 0 bridgehead atoms. The molecule has 1 N–H and O–H groups in total. The van der Waals surface area contributed by atoms with Crippen LogP contribution < -0.4 is 5.32 Å². The van der Waals surface area contributed by atoms with Gasteiger partial charge in [-0.1, -0.05) is 5.16 Å². The van der Waals surface area contributed by atoms with Gasteiger partial charge in [0, 0.05) is 6.20 Å². The smallest absolute Gasteiger partial charge is 0.257 e. The number of nitrogens with one attached hydrogen (secondary N) is 1. The largest absolute Gasteiger partial charge is 0.335 e. The number of hydrogen-bond acceptors (Lipinski definition) is 4. The lowest BCUT2D eigenvalue weighted by Crippen LogP contribution is -2.12. The molecule has 0 aromatic carbocycles. The molecule has 2 aromatic heterocycles. The Hall–Kier alpha value is -1.42. The van der Waals surface area contributed by atoms with Crippen molar-refractivity contribution in [2.24, 2.45) is 0 Å². The summed E-state index contributed by atoms with van der Waals surface area (Å²) in [4.78, 5) is 4.06. The van der Waals surface area contributed by atoms with Gasteiger partial charge < -0.3 is 9.84 Å². The van der Waals surface area contributed by atoms with E-state index >= 15 is 0 Å². The molecular formula is C9H11N3O. The Morgan fingerprint density at radius 3 is 3.15 bits per heavy atom. The summed E-state index contributed by atoms with van der Waals surface area (Å²) in [6.07, 6.45) is 1.70. The van der Waals surface area contributed by atoms with Gasteiger partial charge in [0.1, 0.15) is 5.69 Å². The minimum absolute atomic E-state index is 0.186. The van der Waals surface area contributed by atoms with Gasteiger partial charge in [-0.25, -0.2) is 4.98 Å². The highest BCUT2D eigenvalue weighted by atomic mass is 16.5. The molecule has 1 unspecified atom stereocenters. The van der Waals surface area contributed by atoms with Gasteiger partial charge in [-0.05, 0) is 26.1 Å². The van der Waals surface area contributed by atoms with E-state index in [9.17, 15) is 0 Å². The molecule has 0 amide bonds. The number of aromatic nitrogens is 2. The van der Waals surface area contributed by atoms with E-state index in [1.165, 1.54) is 0 Å². The third-order valence-electron chi connectivity index (χ3n) is 2.12. The van der Waals surface area contributed by atoms with Gasteiger partial charge in [-0.2, -0.15) is 0 Å². The first-order chi connectivity index (χ1) is 6.33. The minimum atomic E-state index is 0.186. The molecule has 0 saturated carbocycles. The van der Waals surface area contributed by atoms with Crippen LogP contribution in [0.2, 0.25) is 0 Å². The quantitative estimate of drug-likeness (QED) is 0.755. The third kappa shape index (κ3) is 1.29. The molecule has 0 aliphatic rings. The van der Waals surface area contributed by atoms with E-state index in [0.29, 0.717) is 5.71 Å². The lowest BCUT2D eigenvalue weighted by Gasteiger charge is -2.04. The Kier molecular flexibility index (Phi) is 1.98. The van der Waals surface area contributed by atoms with Crippen molar-refractivity contribution in [3.05, 3.63) is 24.0 Å². The van der Waals surface area contributed by atoms with Gasteiger partial charge in [0.15, 0.2) is 0 Å². The van der Waals surface area contributed by atoms with Crippen LogP contribution in [0.5, 0.6) is 0 Å². The molecule has 0 aliphatic heterocycles. The molecule has 4 heteroatoms. The Morgan fingerprint density at radius 1 is 1.54 bits per heavy atom. The summed E-state index contributed by atoms with van der Waals surface area (Å²) >= 11 is 0. The fraction of sp³-hybridized carbons (Fsp3) is 0.333. The van der Waals surface area contributed by atoms with Gasteiger partial charge in [0.05, 0.1) is 11.4 Å². The number of nitrogens with zero attached hydrogens (tertiary/aromatic N) is 2. The van der Waals surface area contributed by atoms with Crippen molar-refractivity contribution in [3.63, 3.8) is 0 Å². The summed E-state index contributed by atoms with van der Waals surface area (Å²) in [5, 5.41) is 8.05. The second kappa shape index (κ2) is 3.14. The zero-order chi connectivity index (χ0) is 9.26. The van der Waals surface area contributed by atoms with Crippen molar-refractivity contribution in [1.82, 2.24) is 15.5 Å². The number of fused-ring (bicyclic) bond motifs is 1. The maximum atomic E-state index is 5.07. The molecule has 2 rings (SSSR count). The van der Waals surface area contributed by atoms with Crippen LogP contribution in [-0.2, 0) is 0 Å². The predicted octanol–water partition coefficient (Wildman–Crippen LogP) is 1.50. The Bertz CT molecular complexity index is 410. The highest BCUT2D eigenvalue weighted by molar-refractivity contribution is 5.75. The van der Waals surface area contributed by atoms with Crippen LogP contribution in [0.4, 0.5) is 0 Å². The van der Waals surface area contributed by atoms with E-state index in [4.69, 9.17) is 4.52 Å². The van der Waals surface area contributed by atoms with E-state index < -0.39 is 0 Å².